The number of fused-ring (bicyclic) bond motifs is 4. The van der Waals surface area contributed by atoms with Crippen molar-refractivity contribution in [1.29, 1.82) is 0 Å². The van der Waals surface area contributed by atoms with E-state index in [1.54, 1.807) is 6.07 Å². The number of benzene rings is 1. The van der Waals surface area contributed by atoms with E-state index in [-0.39, 0.29) is 12.2 Å². The highest BCUT2D eigenvalue weighted by Gasteiger charge is 2.36. The molecule has 2 bridgehead atoms. The third-order valence-corrected chi connectivity index (χ3v) is 6.61. The van der Waals surface area contributed by atoms with Crippen LogP contribution in [0, 0.1) is 5.92 Å². The van der Waals surface area contributed by atoms with Crippen molar-refractivity contribution in [3.63, 3.8) is 0 Å². The summed E-state index contributed by atoms with van der Waals surface area (Å²) in [7, 11) is 4.08. The van der Waals surface area contributed by atoms with E-state index in [0.717, 1.165) is 55.2 Å². The molecule has 0 aliphatic carbocycles. The van der Waals surface area contributed by atoms with Crippen molar-refractivity contribution in [3.05, 3.63) is 76.1 Å². The molecule has 0 unspecified atom stereocenters. The van der Waals surface area contributed by atoms with Crippen molar-refractivity contribution in [2.24, 2.45) is 5.92 Å². The molecule has 0 radical (unpaired) electrons. The molecule has 1 N–H and O–H groups in total. The molecule has 4 heterocycles. The quantitative estimate of drug-likeness (QED) is 0.688. The third-order valence-electron chi connectivity index (χ3n) is 6.61. The first-order valence-corrected chi connectivity index (χ1v) is 10.9. The molecular weight excluding hydrogens is 390 g/mol. The molecule has 0 saturated carbocycles. The smallest absolute Gasteiger partial charge is 0.250 e. The Morgan fingerprint density at radius 3 is 2.48 bits per heavy atom. The minimum Gasteiger partial charge on any atom is -0.462 e. The monoisotopic (exact) mass is 419 g/mol. The SMILES string of the molecule is CN(C)c1ccc(-c2ccc(=O)n3c2[C@@H]2C[C@@H](CN(Cc4ccc(CO)o4)C2)C3)cc1. The van der Waals surface area contributed by atoms with Crippen molar-refractivity contribution in [2.45, 2.75) is 32.0 Å². The topological polar surface area (TPSA) is 61.9 Å². The second-order valence-electron chi connectivity index (χ2n) is 9.04. The molecule has 162 valence electrons. The van der Waals surface area contributed by atoms with Crippen molar-refractivity contribution >= 4 is 5.69 Å². The molecule has 6 heteroatoms. The zero-order chi connectivity index (χ0) is 21.5. The maximum atomic E-state index is 12.7. The number of nitrogens with zero attached hydrogens (tertiary/aromatic N) is 3. The summed E-state index contributed by atoms with van der Waals surface area (Å²) >= 11 is 0. The van der Waals surface area contributed by atoms with Gasteiger partial charge in [-0.3, -0.25) is 9.69 Å². The summed E-state index contributed by atoms with van der Waals surface area (Å²) in [6.07, 6.45) is 1.11. The lowest BCUT2D eigenvalue weighted by atomic mass is 9.80. The normalized spacial score (nSPS) is 20.5. The standard InChI is InChI=1S/C25H29N3O3/c1-26(2)20-5-3-18(4-6-20)23-9-10-24(30)28-13-17-11-19(25(23)28)14-27(12-17)15-21-7-8-22(16-29)31-21/h3-10,17,19,29H,11-16H2,1-2H3/t17-,19+/m0/s1. The number of aromatic nitrogens is 1. The van der Waals surface area contributed by atoms with Gasteiger partial charge in [0.15, 0.2) is 0 Å². The lowest BCUT2D eigenvalue weighted by Crippen LogP contribution is -2.46. The average Bonchev–Trinajstić information content (AvgIpc) is 3.22. The molecular formula is C25H29N3O3. The first-order chi connectivity index (χ1) is 15.0. The number of rotatable bonds is 5. The van der Waals surface area contributed by atoms with Crippen LogP contribution in [0.3, 0.4) is 0 Å². The van der Waals surface area contributed by atoms with Crippen molar-refractivity contribution < 1.29 is 9.52 Å². The molecule has 5 rings (SSSR count). The van der Waals surface area contributed by atoms with Crippen LogP contribution in [-0.2, 0) is 19.7 Å². The fourth-order valence-electron chi connectivity index (χ4n) is 5.24. The fraction of sp³-hybridized carbons (Fsp3) is 0.400. The highest BCUT2D eigenvalue weighted by Crippen LogP contribution is 2.40. The van der Waals surface area contributed by atoms with Gasteiger partial charge in [0.05, 0.1) is 6.54 Å². The summed E-state index contributed by atoms with van der Waals surface area (Å²) in [6.45, 7) is 3.29. The first-order valence-electron chi connectivity index (χ1n) is 10.9. The molecule has 2 aliphatic heterocycles. The van der Waals surface area contributed by atoms with Gasteiger partial charge in [0.1, 0.15) is 18.1 Å². The molecule has 0 amide bonds. The van der Waals surface area contributed by atoms with Crippen LogP contribution in [-0.4, -0.2) is 41.8 Å². The van der Waals surface area contributed by atoms with Gasteiger partial charge in [-0.1, -0.05) is 12.1 Å². The van der Waals surface area contributed by atoms with Crippen LogP contribution in [0.15, 0.2) is 57.7 Å². The van der Waals surface area contributed by atoms with Gasteiger partial charge in [-0.25, -0.2) is 0 Å². The fourth-order valence-corrected chi connectivity index (χ4v) is 5.24. The number of aliphatic hydroxyl groups is 1. The number of hydrogen-bond donors (Lipinski definition) is 1. The van der Waals surface area contributed by atoms with Crippen LogP contribution < -0.4 is 10.5 Å². The summed E-state index contributed by atoms with van der Waals surface area (Å²) in [5.74, 6) is 2.27. The van der Waals surface area contributed by atoms with Crippen LogP contribution >= 0.6 is 0 Å². The molecule has 3 aromatic rings. The van der Waals surface area contributed by atoms with Crippen LogP contribution in [0.1, 0.15) is 29.6 Å². The molecule has 31 heavy (non-hydrogen) atoms. The van der Waals surface area contributed by atoms with Gasteiger partial charge in [-0.2, -0.15) is 0 Å². The number of likely N-dealkylation sites (tertiary alicyclic amines) is 1. The minimum absolute atomic E-state index is 0.0719. The minimum atomic E-state index is -0.0719. The number of aliphatic hydroxyl groups excluding tert-OH is 1. The van der Waals surface area contributed by atoms with Crippen LogP contribution in [0.2, 0.25) is 0 Å². The Hall–Kier alpha value is -2.83. The highest BCUT2D eigenvalue weighted by atomic mass is 16.4. The molecule has 2 aliphatic rings. The zero-order valence-corrected chi connectivity index (χ0v) is 18.1. The zero-order valence-electron chi connectivity index (χ0n) is 18.1. The van der Waals surface area contributed by atoms with E-state index in [9.17, 15) is 9.90 Å². The van der Waals surface area contributed by atoms with Crippen LogP contribution in [0.25, 0.3) is 11.1 Å². The Bertz CT molecular complexity index is 1130. The van der Waals surface area contributed by atoms with E-state index in [1.165, 1.54) is 5.69 Å². The molecule has 1 fully saturated rings. The Balaban J connectivity index is 1.47. The van der Waals surface area contributed by atoms with Crippen LogP contribution in [0.5, 0.6) is 0 Å². The Morgan fingerprint density at radius 2 is 1.77 bits per heavy atom. The molecule has 1 aromatic carbocycles. The first kappa shape index (κ1) is 20.1. The van der Waals surface area contributed by atoms with Crippen LogP contribution in [0.4, 0.5) is 5.69 Å². The lowest BCUT2D eigenvalue weighted by molar-refractivity contribution is 0.107. The lowest BCUT2D eigenvalue weighted by Gasteiger charge is -2.43. The summed E-state index contributed by atoms with van der Waals surface area (Å²) in [5, 5.41) is 9.27. The van der Waals surface area contributed by atoms with E-state index in [1.807, 2.05) is 36.9 Å². The number of anilines is 1. The second kappa shape index (κ2) is 8.02. The van der Waals surface area contributed by atoms with E-state index >= 15 is 0 Å². The van der Waals surface area contributed by atoms with Crippen molar-refractivity contribution in [1.82, 2.24) is 9.47 Å². The van der Waals surface area contributed by atoms with E-state index < -0.39 is 0 Å². The second-order valence-corrected chi connectivity index (χ2v) is 9.04. The maximum absolute atomic E-state index is 12.7. The number of furan rings is 1. The van der Waals surface area contributed by atoms with E-state index in [0.29, 0.717) is 17.6 Å². The summed E-state index contributed by atoms with van der Waals surface area (Å²) < 4.78 is 7.73. The molecule has 1 saturated heterocycles. The predicted octanol–water partition coefficient (Wildman–Crippen LogP) is 3.29. The van der Waals surface area contributed by atoms with Gasteiger partial charge in [-0.05, 0) is 48.2 Å². The average molecular weight is 420 g/mol. The third kappa shape index (κ3) is 3.82. The van der Waals surface area contributed by atoms with Gasteiger partial charge in [0.25, 0.3) is 5.56 Å². The van der Waals surface area contributed by atoms with Gasteiger partial charge in [-0.15, -0.1) is 0 Å². The van der Waals surface area contributed by atoms with Gasteiger partial charge < -0.3 is 19.0 Å². The molecule has 2 aromatic heterocycles. The molecule has 0 spiro atoms. The molecule has 6 nitrogen and oxygen atoms in total. The summed E-state index contributed by atoms with van der Waals surface area (Å²) in [5.41, 5.74) is 4.75. The van der Waals surface area contributed by atoms with Crippen molar-refractivity contribution in [3.8, 4) is 11.1 Å². The van der Waals surface area contributed by atoms with Gasteiger partial charge in [0.2, 0.25) is 0 Å². The van der Waals surface area contributed by atoms with Crippen molar-refractivity contribution in [2.75, 3.05) is 32.1 Å². The van der Waals surface area contributed by atoms with E-state index in [2.05, 4.69) is 34.1 Å². The Morgan fingerprint density at radius 1 is 1.00 bits per heavy atom. The summed E-state index contributed by atoms with van der Waals surface area (Å²) in [4.78, 5) is 17.3. The highest BCUT2D eigenvalue weighted by molar-refractivity contribution is 5.69. The molecule has 2 atom stereocenters. The summed E-state index contributed by atoms with van der Waals surface area (Å²) in [6, 6.07) is 16.1. The number of piperidine rings is 1. The van der Waals surface area contributed by atoms with Gasteiger partial charge in [0, 0.05) is 62.7 Å². The number of pyridine rings is 1. The van der Waals surface area contributed by atoms with E-state index in [4.69, 9.17) is 4.42 Å². The predicted molar refractivity (Wildman–Crippen MR) is 121 cm³/mol. The largest absolute Gasteiger partial charge is 0.462 e. The van der Waals surface area contributed by atoms with Gasteiger partial charge >= 0.3 is 0 Å². The number of hydrogen-bond acceptors (Lipinski definition) is 5. The Labute approximate surface area is 182 Å². The maximum Gasteiger partial charge on any atom is 0.250 e. The Kier molecular flexibility index (Phi) is 5.20.